The van der Waals surface area contributed by atoms with Gasteiger partial charge in [0.05, 0.1) is 17.4 Å². The predicted octanol–water partition coefficient (Wildman–Crippen LogP) is 1.15. The van der Waals surface area contributed by atoms with Crippen molar-refractivity contribution >= 4 is 11.6 Å². The summed E-state index contributed by atoms with van der Waals surface area (Å²) in [6.07, 6.45) is 1.90. The van der Waals surface area contributed by atoms with Crippen molar-refractivity contribution in [2.45, 2.75) is 36.7 Å². The number of fused-ring (bicyclic) bond motifs is 1. The van der Waals surface area contributed by atoms with Crippen molar-refractivity contribution in [3.8, 4) is 6.07 Å². The molecule has 0 aromatic carbocycles. The second kappa shape index (κ2) is 4.56. The molecule has 1 N–H and O–H groups in total. The highest BCUT2D eigenvalue weighted by atomic mass is 35.5. The number of nitrogens with one attached hydrogen (secondary N) is 1. The predicted molar refractivity (Wildman–Crippen MR) is 58.7 cm³/mol. The van der Waals surface area contributed by atoms with Gasteiger partial charge in [0.15, 0.2) is 0 Å². The summed E-state index contributed by atoms with van der Waals surface area (Å²) in [5.41, 5.74) is 0. The number of hydrogen-bond acceptors (Lipinski definition) is 4. The zero-order valence-electron chi connectivity index (χ0n) is 8.80. The maximum Gasteiger partial charge on any atom is 0.213 e. The molecule has 6 heteroatoms. The van der Waals surface area contributed by atoms with E-state index in [-0.39, 0.29) is 28.2 Å². The van der Waals surface area contributed by atoms with Crippen molar-refractivity contribution in [2.24, 2.45) is 11.8 Å². The smallest absolute Gasteiger partial charge is 0.213 e. The summed E-state index contributed by atoms with van der Waals surface area (Å²) < 4.78 is 0. The van der Waals surface area contributed by atoms with E-state index >= 15 is 0 Å². The fourth-order valence-electron chi connectivity index (χ4n) is 2.79. The lowest BCUT2D eigenvalue weighted by Crippen LogP contribution is -2.55. The van der Waals surface area contributed by atoms with E-state index in [2.05, 4.69) is 11.4 Å². The Bertz CT molecular complexity index is 331. The Morgan fingerprint density at radius 1 is 1.50 bits per heavy atom. The Labute approximate surface area is 98.9 Å². The molecule has 0 spiro atoms. The molecule has 2 aliphatic rings. The summed E-state index contributed by atoms with van der Waals surface area (Å²) in [7, 11) is 0. The molecule has 5 unspecified atom stereocenters. The van der Waals surface area contributed by atoms with Crippen LogP contribution in [0.15, 0.2) is 0 Å². The van der Waals surface area contributed by atoms with Gasteiger partial charge < -0.3 is 5.32 Å². The molecule has 0 aromatic heterocycles. The Hall–Kier alpha value is -0.860. The number of alkyl halides is 1. The molecule has 88 valence electrons. The molecular weight excluding hydrogens is 230 g/mol. The monoisotopic (exact) mass is 243 g/mol. The Morgan fingerprint density at radius 3 is 2.88 bits per heavy atom. The molecule has 5 atom stereocenters. The van der Waals surface area contributed by atoms with Gasteiger partial charge in [-0.1, -0.05) is 0 Å². The van der Waals surface area contributed by atoms with Gasteiger partial charge in [-0.3, -0.25) is 10.1 Å². The lowest BCUT2D eigenvalue weighted by Gasteiger charge is -2.41. The highest BCUT2D eigenvalue weighted by Crippen LogP contribution is 2.36. The molecule has 16 heavy (non-hydrogen) atoms. The molecular formula is C10H14ClN3O2. The van der Waals surface area contributed by atoms with E-state index in [1.54, 1.807) is 0 Å². The number of piperidine rings is 1. The first-order valence-corrected chi connectivity index (χ1v) is 5.97. The highest BCUT2D eigenvalue weighted by molar-refractivity contribution is 6.21. The summed E-state index contributed by atoms with van der Waals surface area (Å²) in [5, 5.41) is 22.7. The number of nitriles is 1. The standard InChI is InChI=1S/C10H14ClN3O2/c11-10-6(4-12)5-13-9-2-1-7(14(15)16)3-8(9)10/h6-10,13H,1-3,5H2. The Kier molecular flexibility index (Phi) is 3.31. The van der Waals surface area contributed by atoms with Crippen molar-refractivity contribution in [1.82, 2.24) is 5.32 Å². The van der Waals surface area contributed by atoms with E-state index in [1.165, 1.54) is 0 Å². The summed E-state index contributed by atoms with van der Waals surface area (Å²) in [6, 6.07) is 1.94. The van der Waals surface area contributed by atoms with Crippen molar-refractivity contribution < 1.29 is 4.92 Å². The molecule has 0 amide bonds. The van der Waals surface area contributed by atoms with Crippen LogP contribution < -0.4 is 5.32 Å². The molecule has 2 rings (SSSR count). The van der Waals surface area contributed by atoms with E-state index in [0.717, 1.165) is 6.42 Å². The average Bonchev–Trinajstić information content (AvgIpc) is 2.29. The molecule has 1 aliphatic heterocycles. The van der Waals surface area contributed by atoms with E-state index < -0.39 is 6.04 Å². The van der Waals surface area contributed by atoms with E-state index in [1.807, 2.05) is 0 Å². The summed E-state index contributed by atoms with van der Waals surface area (Å²) in [4.78, 5) is 10.6. The van der Waals surface area contributed by atoms with Crippen LogP contribution in [0, 0.1) is 33.3 Å². The van der Waals surface area contributed by atoms with Crippen LogP contribution in [0.2, 0.25) is 0 Å². The summed E-state index contributed by atoms with van der Waals surface area (Å²) in [5.74, 6) is -0.169. The van der Waals surface area contributed by atoms with E-state index in [4.69, 9.17) is 16.9 Å². The molecule has 1 aliphatic carbocycles. The fraction of sp³-hybridized carbons (Fsp3) is 0.900. The molecule has 0 radical (unpaired) electrons. The molecule has 0 bridgehead atoms. The number of nitrogens with zero attached hydrogens (tertiary/aromatic N) is 2. The summed E-state index contributed by atoms with van der Waals surface area (Å²) in [6.45, 7) is 0.606. The van der Waals surface area contributed by atoms with Crippen molar-refractivity contribution in [3.05, 3.63) is 10.1 Å². The first-order valence-electron chi connectivity index (χ1n) is 5.54. The third-order valence-corrected chi connectivity index (χ3v) is 4.36. The Balaban J connectivity index is 2.08. The van der Waals surface area contributed by atoms with Gasteiger partial charge in [0.2, 0.25) is 6.04 Å². The van der Waals surface area contributed by atoms with Gasteiger partial charge in [0.1, 0.15) is 0 Å². The second-order valence-corrected chi connectivity index (χ2v) is 5.11. The third-order valence-electron chi connectivity index (χ3n) is 3.73. The van der Waals surface area contributed by atoms with Gasteiger partial charge in [0.25, 0.3) is 0 Å². The molecule has 5 nitrogen and oxygen atoms in total. The van der Waals surface area contributed by atoms with Gasteiger partial charge in [-0.2, -0.15) is 5.26 Å². The van der Waals surface area contributed by atoms with E-state index in [0.29, 0.717) is 19.4 Å². The van der Waals surface area contributed by atoms with Crippen LogP contribution in [0.1, 0.15) is 19.3 Å². The topological polar surface area (TPSA) is 79.0 Å². The molecule has 1 saturated carbocycles. The SMILES string of the molecule is N#CC1CNC2CCC([N+](=O)[O-])CC2C1Cl. The van der Waals surface area contributed by atoms with Crippen molar-refractivity contribution in [2.75, 3.05) is 6.54 Å². The minimum atomic E-state index is -0.484. The normalized spacial score (nSPS) is 43.1. The lowest BCUT2D eigenvalue weighted by atomic mass is 9.74. The highest BCUT2D eigenvalue weighted by Gasteiger charge is 2.44. The van der Waals surface area contributed by atoms with Gasteiger partial charge in [-0.05, 0) is 12.3 Å². The van der Waals surface area contributed by atoms with Crippen LogP contribution in [0.4, 0.5) is 0 Å². The van der Waals surface area contributed by atoms with E-state index in [9.17, 15) is 10.1 Å². The molecule has 1 saturated heterocycles. The minimum absolute atomic E-state index is 0.0595. The first kappa shape index (κ1) is 11.6. The summed E-state index contributed by atoms with van der Waals surface area (Å²) >= 11 is 6.24. The number of nitro groups is 1. The van der Waals surface area contributed by atoms with Gasteiger partial charge >= 0.3 is 0 Å². The van der Waals surface area contributed by atoms with Crippen LogP contribution in [0.3, 0.4) is 0 Å². The first-order chi connectivity index (χ1) is 7.63. The second-order valence-electron chi connectivity index (χ2n) is 4.61. The Morgan fingerprint density at radius 2 is 2.25 bits per heavy atom. The van der Waals surface area contributed by atoms with Gasteiger partial charge in [-0.15, -0.1) is 11.6 Å². The van der Waals surface area contributed by atoms with Gasteiger partial charge in [0, 0.05) is 30.4 Å². The van der Waals surface area contributed by atoms with Crippen LogP contribution in [-0.2, 0) is 0 Å². The average molecular weight is 244 g/mol. The minimum Gasteiger partial charge on any atom is -0.312 e. The zero-order valence-corrected chi connectivity index (χ0v) is 9.56. The number of hydrogen-bond donors (Lipinski definition) is 1. The fourth-order valence-corrected chi connectivity index (χ4v) is 3.21. The van der Waals surface area contributed by atoms with Crippen LogP contribution in [0.5, 0.6) is 0 Å². The zero-order chi connectivity index (χ0) is 11.7. The van der Waals surface area contributed by atoms with Crippen molar-refractivity contribution in [1.29, 1.82) is 5.26 Å². The maximum atomic E-state index is 10.8. The van der Waals surface area contributed by atoms with Crippen LogP contribution >= 0.6 is 11.6 Å². The third kappa shape index (κ3) is 2.00. The van der Waals surface area contributed by atoms with Gasteiger partial charge in [-0.25, -0.2) is 0 Å². The van der Waals surface area contributed by atoms with Crippen LogP contribution in [0.25, 0.3) is 0 Å². The largest absolute Gasteiger partial charge is 0.312 e. The molecule has 1 heterocycles. The number of halogens is 1. The van der Waals surface area contributed by atoms with Crippen molar-refractivity contribution in [3.63, 3.8) is 0 Å². The maximum absolute atomic E-state index is 10.8. The molecule has 0 aromatic rings. The quantitative estimate of drug-likeness (QED) is 0.426. The number of rotatable bonds is 1. The lowest BCUT2D eigenvalue weighted by molar-refractivity contribution is -0.528. The van der Waals surface area contributed by atoms with Crippen LogP contribution in [-0.4, -0.2) is 28.9 Å². The molecule has 2 fully saturated rings.